The maximum Gasteiger partial charge on any atom is 0.165 e. The van der Waals surface area contributed by atoms with Gasteiger partial charge < -0.3 is 0 Å². The van der Waals surface area contributed by atoms with E-state index in [1.54, 1.807) is 0 Å². The molecule has 1 nitrogen and oxygen atoms in total. The van der Waals surface area contributed by atoms with Gasteiger partial charge in [-0.1, -0.05) is 97.3 Å². The second kappa shape index (κ2) is 15.8. The third-order valence-electron chi connectivity index (χ3n) is 5.23. The summed E-state index contributed by atoms with van der Waals surface area (Å²) in [5, 5.41) is 0. The van der Waals surface area contributed by atoms with E-state index >= 15 is 0 Å². The van der Waals surface area contributed by atoms with Gasteiger partial charge in [0.1, 0.15) is 6.04 Å². The highest BCUT2D eigenvalue weighted by Gasteiger charge is 2.24. The standard InChI is InChI=1S/C21H45ClN/c1-5-7-8-9-10-11-12-13-14-15-16-17-18-19-20-21(6-2)23(3,4)22/h21H,5-20H2,1-4H3/q+1. The summed E-state index contributed by atoms with van der Waals surface area (Å²) in [7, 11) is 4.22. The summed E-state index contributed by atoms with van der Waals surface area (Å²) in [5.74, 6) is 0. The van der Waals surface area contributed by atoms with Crippen molar-refractivity contribution < 1.29 is 4.00 Å². The third kappa shape index (κ3) is 15.5. The molecule has 0 spiro atoms. The van der Waals surface area contributed by atoms with Gasteiger partial charge >= 0.3 is 0 Å². The SMILES string of the molecule is CCCCCCCCCCCCCCCCC(CC)[N+](C)(C)Cl. The van der Waals surface area contributed by atoms with Gasteiger partial charge in [-0.3, -0.25) is 0 Å². The van der Waals surface area contributed by atoms with Crippen molar-refractivity contribution in [1.29, 1.82) is 0 Å². The van der Waals surface area contributed by atoms with Gasteiger partial charge in [-0.05, 0) is 12.8 Å². The van der Waals surface area contributed by atoms with Gasteiger partial charge in [0, 0.05) is 6.42 Å². The van der Waals surface area contributed by atoms with Crippen LogP contribution in [-0.2, 0) is 0 Å². The molecule has 140 valence electrons. The Morgan fingerprint density at radius 3 is 1.26 bits per heavy atom. The van der Waals surface area contributed by atoms with E-state index in [0.29, 0.717) is 10.0 Å². The van der Waals surface area contributed by atoms with Crippen molar-refractivity contribution in [3.63, 3.8) is 0 Å². The van der Waals surface area contributed by atoms with Crippen LogP contribution in [0.3, 0.4) is 0 Å². The van der Waals surface area contributed by atoms with Crippen LogP contribution in [0.5, 0.6) is 0 Å². The monoisotopic (exact) mass is 346 g/mol. The van der Waals surface area contributed by atoms with Gasteiger partial charge in [-0.2, -0.15) is 0 Å². The molecular formula is C21H45ClN+. The number of halogens is 1. The number of unbranched alkanes of at least 4 members (excludes halogenated alkanes) is 13. The van der Waals surface area contributed by atoms with Crippen molar-refractivity contribution in [3.05, 3.63) is 0 Å². The van der Waals surface area contributed by atoms with Crippen LogP contribution in [0.1, 0.15) is 117 Å². The van der Waals surface area contributed by atoms with Crippen molar-refractivity contribution >= 4 is 11.8 Å². The first-order valence-electron chi connectivity index (χ1n) is 10.6. The molecule has 0 aromatic rings. The zero-order valence-corrected chi connectivity index (χ0v) is 17.5. The molecular weight excluding hydrogens is 302 g/mol. The normalized spacial score (nSPS) is 13.4. The van der Waals surface area contributed by atoms with Gasteiger partial charge in [0.15, 0.2) is 11.8 Å². The predicted molar refractivity (Wildman–Crippen MR) is 107 cm³/mol. The van der Waals surface area contributed by atoms with Crippen molar-refractivity contribution in [3.8, 4) is 0 Å². The van der Waals surface area contributed by atoms with E-state index in [9.17, 15) is 0 Å². The van der Waals surface area contributed by atoms with E-state index < -0.39 is 0 Å². The molecule has 0 amide bonds. The minimum Gasteiger partial charge on any atom is -0.224 e. The fraction of sp³-hybridized carbons (Fsp3) is 1.00. The maximum absolute atomic E-state index is 6.40. The van der Waals surface area contributed by atoms with Crippen molar-refractivity contribution in [2.24, 2.45) is 0 Å². The average molecular weight is 347 g/mol. The summed E-state index contributed by atoms with van der Waals surface area (Å²) in [6, 6.07) is 0.619. The zero-order valence-electron chi connectivity index (χ0n) is 16.7. The molecule has 23 heavy (non-hydrogen) atoms. The zero-order chi connectivity index (χ0) is 17.4. The Morgan fingerprint density at radius 2 is 0.957 bits per heavy atom. The number of hydrogen-bond acceptors (Lipinski definition) is 0. The Kier molecular flexibility index (Phi) is 15.9. The largest absolute Gasteiger partial charge is 0.224 e. The lowest BCUT2D eigenvalue weighted by Gasteiger charge is -2.28. The van der Waals surface area contributed by atoms with E-state index in [2.05, 4.69) is 27.9 Å². The Labute approximate surface area is 152 Å². The highest BCUT2D eigenvalue weighted by molar-refractivity contribution is 6.06. The molecule has 1 unspecified atom stereocenters. The van der Waals surface area contributed by atoms with Gasteiger partial charge in [0.25, 0.3) is 0 Å². The molecule has 0 saturated carbocycles. The number of rotatable bonds is 17. The summed E-state index contributed by atoms with van der Waals surface area (Å²) in [5.41, 5.74) is 0. The second-order valence-electron chi connectivity index (χ2n) is 7.85. The lowest BCUT2D eigenvalue weighted by molar-refractivity contribution is -0.801. The Hall–Kier alpha value is 0.250. The molecule has 0 aromatic carbocycles. The van der Waals surface area contributed by atoms with Crippen molar-refractivity contribution in [2.75, 3.05) is 14.1 Å². The van der Waals surface area contributed by atoms with E-state index in [1.807, 2.05) is 0 Å². The smallest absolute Gasteiger partial charge is 0.165 e. The number of hydrogen-bond donors (Lipinski definition) is 0. The molecule has 0 fully saturated rings. The summed E-state index contributed by atoms with van der Waals surface area (Å²) >= 11 is 6.40. The first-order valence-corrected chi connectivity index (χ1v) is 10.9. The number of nitrogens with zero attached hydrogens (tertiary/aromatic N) is 1. The molecule has 0 aromatic heterocycles. The van der Waals surface area contributed by atoms with Crippen molar-refractivity contribution in [1.82, 2.24) is 0 Å². The molecule has 0 heterocycles. The molecule has 0 N–H and O–H groups in total. The van der Waals surface area contributed by atoms with Crippen LogP contribution in [0, 0.1) is 0 Å². The lowest BCUT2D eigenvalue weighted by atomic mass is 10.0. The van der Waals surface area contributed by atoms with E-state index in [-0.39, 0.29) is 0 Å². The molecule has 0 rings (SSSR count). The van der Waals surface area contributed by atoms with Crippen LogP contribution in [0.15, 0.2) is 0 Å². The second-order valence-corrected chi connectivity index (χ2v) is 8.72. The predicted octanol–water partition coefficient (Wildman–Crippen LogP) is 7.87. The van der Waals surface area contributed by atoms with Crippen LogP contribution in [0.4, 0.5) is 0 Å². The average Bonchev–Trinajstić information content (AvgIpc) is 2.50. The molecule has 0 aliphatic heterocycles. The van der Waals surface area contributed by atoms with Gasteiger partial charge in [0.2, 0.25) is 0 Å². The fourth-order valence-electron chi connectivity index (χ4n) is 3.52. The van der Waals surface area contributed by atoms with Crippen LogP contribution in [-0.4, -0.2) is 24.1 Å². The Bertz CT molecular complexity index is 234. The summed E-state index contributed by atoms with van der Waals surface area (Å²) in [6.45, 7) is 4.55. The number of quaternary nitrogens is 1. The molecule has 0 aliphatic rings. The van der Waals surface area contributed by atoms with Crippen LogP contribution >= 0.6 is 11.8 Å². The van der Waals surface area contributed by atoms with Crippen LogP contribution < -0.4 is 0 Å². The summed E-state index contributed by atoms with van der Waals surface area (Å²) < 4.78 is 0.606. The third-order valence-corrected chi connectivity index (χ3v) is 5.51. The lowest BCUT2D eigenvalue weighted by Crippen LogP contribution is -2.39. The molecule has 2 heteroatoms. The maximum atomic E-state index is 6.40. The Morgan fingerprint density at radius 1 is 0.609 bits per heavy atom. The van der Waals surface area contributed by atoms with Crippen LogP contribution in [0.2, 0.25) is 0 Å². The van der Waals surface area contributed by atoms with Crippen LogP contribution in [0.25, 0.3) is 0 Å². The van der Waals surface area contributed by atoms with Gasteiger partial charge in [-0.25, -0.2) is 4.00 Å². The topological polar surface area (TPSA) is 0 Å². The highest BCUT2D eigenvalue weighted by atomic mass is 35.5. The summed E-state index contributed by atoms with van der Waals surface area (Å²) in [6.07, 6.45) is 22.5. The van der Waals surface area contributed by atoms with Gasteiger partial charge in [-0.15, -0.1) is 0 Å². The minimum absolute atomic E-state index is 0.606. The van der Waals surface area contributed by atoms with E-state index in [1.165, 1.54) is 103 Å². The molecule has 0 bridgehead atoms. The van der Waals surface area contributed by atoms with Crippen molar-refractivity contribution in [2.45, 2.75) is 123 Å². The highest BCUT2D eigenvalue weighted by Crippen LogP contribution is 2.21. The molecule has 0 saturated heterocycles. The molecule has 0 aliphatic carbocycles. The first kappa shape index (κ1) is 23.2. The minimum atomic E-state index is 0.606. The van der Waals surface area contributed by atoms with E-state index in [0.717, 1.165) is 0 Å². The van der Waals surface area contributed by atoms with Gasteiger partial charge in [0.05, 0.1) is 14.1 Å². The fourth-order valence-corrected chi connectivity index (χ4v) is 3.76. The Balaban J connectivity index is 3.22. The van der Waals surface area contributed by atoms with E-state index in [4.69, 9.17) is 11.8 Å². The molecule has 1 atom stereocenters. The quantitative estimate of drug-likeness (QED) is 0.185. The summed E-state index contributed by atoms with van der Waals surface area (Å²) in [4.78, 5) is 0. The molecule has 0 radical (unpaired) electrons. The first-order chi connectivity index (χ1) is 11.0.